The van der Waals surface area contributed by atoms with Crippen molar-refractivity contribution >= 4 is 19.6 Å². The fourth-order valence-electron chi connectivity index (χ4n) is 2.73. The predicted molar refractivity (Wildman–Crippen MR) is 82.0 cm³/mol. The quantitative estimate of drug-likeness (QED) is 0.700. The highest BCUT2D eigenvalue weighted by Gasteiger charge is 2.24. The molecule has 18 heavy (non-hydrogen) atoms. The summed E-state index contributed by atoms with van der Waals surface area (Å²) in [6.45, 7) is 4.82. The van der Waals surface area contributed by atoms with E-state index in [1.807, 2.05) is 0 Å². The molecule has 1 radical (unpaired) electrons. The molecule has 0 spiro atoms. The second kappa shape index (κ2) is 4.58. The summed E-state index contributed by atoms with van der Waals surface area (Å²) in [5.74, 6) is 0. The van der Waals surface area contributed by atoms with Crippen molar-refractivity contribution in [3.8, 4) is 0 Å². The summed E-state index contributed by atoms with van der Waals surface area (Å²) in [5, 5.41) is 1.61. The summed E-state index contributed by atoms with van der Waals surface area (Å²) in [6, 6.07) is 19.5. The monoisotopic (exact) mass is 249 g/mol. The molecule has 1 aliphatic rings. The van der Waals surface area contributed by atoms with Crippen LogP contribution in [0.15, 0.2) is 54.6 Å². The van der Waals surface area contributed by atoms with Crippen molar-refractivity contribution in [1.29, 1.82) is 0 Å². The molecule has 0 bridgehead atoms. The molecule has 2 aromatic carbocycles. The number of fused-ring (bicyclic) bond motifs is 1. The van der Waals surface area contributed by atoms with E-state index in [0.717, 1.165) is 0 Å². The molecule has 0 aromatic heterocycles. The van der Waals surface area contributed by atoms with Crippen LogP contribution in [0.25, 0.3) is 10.8 Å². The Hall–Kier alpha value is -1.60. The van der Waals surface area contributed by atoms with Gasteiger partial charge >= 0.3 is 0 Å². The summed E-state index contributed by atoms with van der Waals surface area (Å²) in [4.78, 5) is 0. The van der Waals surface area contributed by atoms with Crippen LogP contribution in [0.4, 0.5) is 0 Å². The SMILES string of the molecule is C[SiH](C)C1=C(c2ccccc2)[CH]c2ccccc21. The minimum atomic E-state index is -0.839. The van der Waals surface area contributed by atoms with Crippen LogP contribution in [0.5, 0.6) is 0 Å². The summed E-state index contributed by atoms with van der Waals surface area (Å²) >= 11 is 0. The van der Waals surface area contributed by atoms with Gasteiger partial charge in [0.05, 0.1) is 8.80 Å². The number of rotatable bonds is 2. The van der Waals surface area contributed by atoms with Crippen LogP contribution in [-0.2, 0) is 0 Å². The van der Waals surface area contributed by atoms with Crippen molar-refractivity contribution in [3.63, 3.8) is 0 Å². The van der Waals surface area contributed by atoms with Crippen LogP contribution in [0.3, 0.4) is 0 Å². The molecule has 0 unspecified atom stereocenters. The molecule has 89 valence electrons. The van der Waals surface area contributed by atoms with Crippen LogP contribution >= 0.6 is 0 Å². The molecule has 0 saturated heterocycles. The van der Waals surface area contributed by atoms with Crippen molar-refractivity contribution < 1.29 is 0 Å². The normalized spacial score (nSPS) is 14.2. The predicted octanol–water partition coefficient (Wildman–Crippen LogP) is 4.19. The van der Waals surface area contributed by atoms with Crippen molar-refractivity contribution in [2.45, 2.75) is 13.1 Å². The van der Waals surface area contributed by atoms with E-state index < -0.39 is 8.80 Å². The third-order valence-electron chi connectivity index (χ3n) is 3.50. The zero-order chi connectivity index (χ0) is 12.5. The van der Waals surface area contributed by atoms with Crippen LogP contribution in [0.1, 0.15) is 16.7 Å². The molecule has 2 aromatic rings. The van der Waals surface area contributed by atoms with E-state index in [-0.39, 0.29) is 0 Å². The summed E-state index contributed by atoms with van der Waals surface area (Å²) < 4.78 is 0. The number of hydrogen-bond acceptors (Lipinski definition) is 0. The maximum atomic E-state index is 2.41. The molecule has 0 fully saturated rings. The Morgan fingerprint density at radius 1 is 0.778 bits per heavy atom. The first-order chi connectivity index (χ1) is 8.77. The molecule has 0 N–H and O–H groups in total. The number of hydrogen-bond donors (Lipinski definition) is 0. The molecule has 1 aliphatic carbocycles. The van der Waals surface area contributed by atoms with Crippen LogP contribution < -0.4 is 0 Å². The molecule has 1 heteroatoms. The van der Waals surface area contributed by atoms with E-state index in [9.17, 15) is 0 Å². The molecule has 0 atom stereocenters. The molecule has 0 nitrogen and oxygen atoms in total. The smallest absolute Gasteiger partial charge is 0.0659 e. The highest BCUT2D eigenvalue weighted by molar-refractivity contribution is 6.79. The third kappa shape index (κ3) is 1.85. The van der Waals surface area contributed by atoms with Crippen molar-refractivity contribution in [3.05, 3.63) is 77.7 Å². The van der Waals surface area contributed by atoms with E-state index in [0.29, 0.717) is 0 Å². The van der Waals surface area contributed by atoms with Gasteiger partial charge in [0.2, 0.25) is 0 Å². The lowest BCUT2D eigenvalue weighted by atomic mass is 10.0. The summed E-state index contributed by atoms with van der Waals surface area (Å²) in [7, 11) is -0.839. The second-order valence-electron chi connectivity index (χ2n) is 5.08. The van der Waals surface area contributed by atoms with Gasteiger partial charge in [-0.05, 0) is 22.3 Å². The Bertz CT molecular complexity index is 594. The highest BCUT2D eigenvalue weighted by Crippen LogP contribution is 2.40. The number of benzene rings is 2. The van der Waals surface area contributed by atoms with E-state index in [1.165, 1.54) is 22.3 Å². The van der Waals surface area contributed by atoms with Crippen LogP contribution in [0.2, 0.25) is 13.1 Å². The Morgan fingerprint density at radius 2 is 1.44 bits per heavy atom. The minimum absolute atomic E-state index is 0.839. The Labute approximate surface area is 111 Å². The molecular weight excluding hydrogens is 232 g/mol. The third-order valence-corrected chi connectivity index (χ3v) is 5.28. The van der Waals surface area contributed by atoms with Gasteiger partial charge in [-0.1, -0.05) is 72.9 Å². The van der Waals surface area contributed by atoms with E-state index in [1.54, 1.807) is 5.20 Å². The molecule has 0 aliphatic heterocycles. The maximum Gasteiger partial charge on any atom is 0.0659 e. The lowest BCUT2D eigenvalue weighted by Crippen LogP contribution is -2.04. The zero-order valence-electron chi connectivity index (χ0n) is 10.9. The Morgan fingerprint density at radius 3 is 2.17 bits per heavy atom. The fourth-order valence-corrected chi connectivity index (χ4v) is 4.48. The van der Waals surface area contributed by atoms with Gasteiger partial charge in [0.15, 0.2) is 0 Å². The van der Waals surface area contributed by atoms with E-state index in [4.69, 9.17) is 0 Å². The Balaban J connectivity index is 2.17. The van der Waals surface area contributed by atoms with E-state index in [2.05, 4.69) is 74.1 Å². The first kappa shape index (κ1) is 11.5. The van der Waals surface area contributed by atoms with Crippen molar-refractivity contribution in [1.82, 2.24) is 0 Å². The van der Waals surface area contributed by atoms with Gasteiger partial charge in [0.25, 0.3) is 0 Å². The Kier molecular flexibility index (Phi) is 2.92. The van der Waals surface area contributed by atoms with E-state index >= 15 is 0 Å². The summed E-state index contributed by atoms with van der Waals surface area (Å²) in [6.07, 6.45) is 2.35. The first-order valence-corrected chi connectivity index (χ1v) is 9.40. The van der Waals surface area contributed by atoms with Gasteiger partial charge in [0.1, 0.15) is 0 Å². The average Bonchev–Trinajstić information content (AvgIpc) is 2.79. The maximum absolute atomic E-state index is 2.41. The van der Waals surface area contributed by atoms with Crippen molar-refractivity contribution in [2.75, 3.05) is 0 Å². The van der Waals surface area contributed by atoms with Gasteiger partial charge in [-0.25, -0.2) is 0 Å². The topological polar surface area (TPSA) is 0 Å². The molecule has 0 saturated carbocycles. The number of allylic oxidation sites excluding steroid dienone is 1. The summed E-state index contributed by atoms with van der Waals surface area (Å²) in [5.41, 5.74) is 5.63. The lowest BCUT2D eigenvalue weighted by Gasteiger charge is -2.11. The molecule has 3 rings (SSSR count). The zero-order valence-corrected chi connectivity index (χ0v) is 12.0. The second-order valence-corrected chi connectivity index (χ2v) is 7.97. The van der Waals surface area contributed by atoms with Gasteiger partial charge in [-0.3, -0.25) is 0 Å². The van der Waals surface area contributed by atoms with Crippen LogP contribution in [-0.4, -0.2) is 8.80 Å². The van der Waals surface area contributed by atoms with Gasteiger partial charge < -0.3 is 0 Å². The molecule has 0 amide bonds. The standard InChI is InChI=1S/C17H17Si/c1-18(2)17-15-11-7-6-10-14(15)12-16(17)13-8-4-3-5-9-13/h3-12,18H,1-2H3. The van der Waals surface area contributed by atoms with Gasteiger partial charge in [-0.15, -0.1) is 0 Å². The first-order valence-electron chi connectivity index (χ1n) is 6.51. The van der Waals surface area contributed by atoms with Gasteiger partial charge in [0, 0.05) is 6.42 Å². The van der Waals surface area contributed by atoms with Crippen molar-refractivity contribution in [2.24, 2.45) is 0 Å². The van der Waals surface area contributed by atoms with Gasteiger partial charge in [-0.2, -0.15) is 0 Å². The average molecular weight is 249 g/mol. The fraction of sp³-hybridized carbons (Fsp3) is 0.118. The molecular formula is C17H17Si. The molecule has 0 heterocycles. The largest absolute Gasteiger partial charge is 0.0682 e. The highest BCUT2D eigenvalue weighted by atomic mass is 28.3. The van der Waals surface area contributed by atoms with Crippen LogP contribution in [0, 0.1) is 6.42 Å². The minimum Gasteiger partial charge on any atom is -0.0682 e. The lowest BCUT2D eigenvalue weighted by molar-refractivity contribution is 1.53.